The number of rotatable bonds is 4. The third-order valence-corrected chi connectivity index (χ3v) is 6.79. The van der Waals surface area contributed by atoms with Gasteiger partial charge < -0.3 is 10.2 Å². The molecule has 154 valence electrons. The highest BCUT2D eigenvalue weighted by molar-refractivity contribution is 7.15. The van der Waals surface area contributed by atoms with Gasteiger partial charge in [-0.05, 0) is 45.0 Å². The summed E-state index contributed by atoms with van der Waals surface area (Å²) in [6, 6.07) is 8.03. The Labute approximate surface area is 178 Å². The summed E-state index contributed by atoms with van der Waals surface area (Å²) in [5.41, 5.74) is 5.99. The van der Waals surface area contributed by atoms with Gasteiger partial charge in [-0.25, -0.2) is 14.5 Å². The largest absolute Gasteiger partial charge is 0.302 e. The van der Waals surface area contributed by atoms with Gasteiger partial charge in [0.15, 0.2) is 10.8 Å². The van der Waals surface area contributed by atoms with Crippen LogP contribution in [0.15, 0.2) is 24.3 Å². The van der Waals surface area contributed by atoms with Gasteiger partial charge >= 0.3 is 0 Å². The van der Waals surface area contributed by atoms with E-state index >= 15 is 0 Å². The number of amides is 1. The molecular formula is C22H24N6OS. The lowest BCUT2D eigenvalue weighted by atomic mass is 10.1. The minimum absolute atomic E-state index is 0.0148. The molecule has 3 aromatic heterocycles. The number of nitrogens with one attached hydrogen (secondary N) is 1. The quantitative estimate of drug-likeness (QED) is 0.547. The predicted molar refractivity (Wildman–Crippen MR) is 119 cm³/mol. The zero-order chi connectivity index (χ0) is 20.8. The first kappa shape index (κ1) is 19.1. The lowest BCUT2D eigenvalue weighted by Gasteiger charge is -2.20. The summed E-state index contributed by atoms with van der Waals surface area (Å²) in [6.45, 7) is 5.98. The van der Waals surface area contributed by atoms with E-state index in [2.05, 4.69) is 22.2 Å². The van der Waals surface area contributed by atoms with Crippen LogP contribution in [0.2, 0.25) is 0 Å². The fourth-order valence-electron chi connectivity index (χ4n) is 4.14. The summed E-state index contributed by atoms with van der Waals surface area (Å²) in [5, 5.41) is 9.44. The molecule has 1 aromatic carbocycles. The normalized spacial score (nSPS) is 14.4. The van der Waals surface area contributed by atoms with Gasteiger partial charge in [0, 0.05) is 47.6 Å². The molecule has 8 heteroatoms. The Bertz CT molecular complexity index is 1270. The van der Waals surface area contributed by atoms with Crippen molar-refractivity contribution in [2.45, 2.75) is 39.7 Å². The van der Waals surface area contributed by atoms with Gasteiger partial charge in [-0.3, -0.25) is 4.79 Å². The van der Waals surface area contributed by atoms with Gasteiger partial charge in [0.05, 0.1) is 11.2 Å². The maximum Gasteiger partial charge on any atom is 0.226 e. The van der Waals surface area contributed by atoms with Gasteiger partial charge in [0.25, 0.3) is 0 Å². The first-order chi connectivity index (χ1) is 14.5. The van der Waals surface area contributed by atoms with Crippen LogP contribution in [0.3, 0.4) is 0 Å². The van der Waals surface area contributed by atoms with Gasteiger partial charge in [-0.1, -0.05) is 12.1 Å². The topological polar surface area (TPSA) is 75.4 Å². The summed E-state index contributed by atoms with van der Waals surface area (Å²) in [4.78, 5) is 25.5. The van der Waals surface area contributed by atoms with Gasteiger partial charge in [0.1, 0.15) is 0 Å². The first-order valence-electron chi connectivity index (χ1n) is 10.2. The summed E-state index contributed by atoms with van der Waals surface area (Å²) in [5.74, 6) is -0.0148. The van der Waals surface area contributed by atoms with E-state index in [9.17, 15) is 4.79 Å². The highest BCUT2D eigenvalue weighted by atomic mass is 32.1. The average molecular weight is 421 g/mol. The summed E-state index contributed by atoms with van der Waals surface area (Å²) in [6.07, 6.45) is 1.96. The Kier molecular flexibility index (Phi) is 4.75. The zero-order valence-electron chi connectivity index (χ0n) is 17.4. The molecule has 0 fully saturated rings. The van der Waals surface area contributed by atoms with Crippen molar-refractivity contribution in [2.24, 2.45) is 0 Å². The van der Waals surface area contributed by atoms with E-state index in [1.807, 2.05) is 42.6 Å². The molecule has 1 N–H and O–H groups in total. The number of anilines is 1. The molecule has 4 aromatic rings. The number of fused-ring (bicyclic) bond motifs is 4. The number of nitrogens with zero attached hydrogens (tertiary/aromatic N) is 5. The van der Waals surface area contributed by atoms with E-state index in [0.717, 1.165) is 58.7 Å². The minimum atomic E-state index is -0.0148. The number of benzene rings is 1. The molecule has 1 aliphatic heterocycles. The lowest BCUT2D eigenvalue weighted by molar-refractivity contribution is -0.116. The second-order valence-corrected chi connectivity index (χ2v) is 9.02. The van der Waals surface area contributed by atoms with Crippen molar-refractivity contribution in [3.8, 4) is 0 Å². The Hall–Kier alpha value is -2.84. The van der Waals surface area contributed by atoms with Crippen molar-refractivity contribution in [3.63, 3.8) is 0 Å². The number of thiazole rings is 1. The van der Waals surface area contributed by atoms with Gasteiger partial charge in [-0.15, -0.1) is 11.3 Å². The van der Waals surface area contributed by atoms with Crippen LogP contribution >= 0.6 is 11.3 Å². The van der Waals surface area contributed by atoms with Crippen LogP contribution in [-0.4, -0.2) is 44.0 Å². The van der Waals surface area contributed by atoms with Crippen molar-refractivity contribution in [1.82, 2.24) is 24.5 Å². The third kappa shape index (κ3) is 3.36. The number of aromatic nitrogens is 4. The van der Waals surface area contributed by atoms with Crippen LogP contribution in [-0.2, 0) is 24.2 Å². The van der Waals surface area contributed by atoms with Gasteiger partial charge in [-0.2, -0.15) is 5.10 Å². The molecule has 30 heavy (non-hydrogen) atoms. The van der Waals surface area contributed by atoms with Crippen molar-refractivity contribution in [3.05, 3.63) is 51.8 Å². The van der Waals surface area contributed by atoms with Crippen LogP contribution in [0.4, 0.5) is 5.13 Å². The maximum absolute atomic E-state index is 12.6. The van der Waals surface area contributed by atoms with Crippen LogP contribution in [0.1, 0.15) is 33.9 Å². The van der Waals surface area contributed by atoms with E-state index in [0.29, 0.717) is 18.0 Å². The van der Waals surface area contributed by atoms with E-state index in [-0.39, 0.29) is 5.91 Å². The standard InChI is InChI=1S/C22H24N6OS/c1-13-15(14(2)28-21(23-13)16-6-4-5-7-17(16)26-28)8-9-20(29)25-22-24-18-10-11-27(3)12-19(18)30-22/h4-7H,8-12H2,1-3H3,(H,24,25,29). The second-order valence-electron chi connectivity index (χ2n) is 7.94. The number of aryl methyl sites for hydroxylation is 2. The molecule has 0 spiro atoms. The van der Waals surface area contributed by atoms with Crippen molar-refractivity contribution in [1.29, 1.82) is 0 Å². The van der Waals surface area contributed by atoms with Crippen molar-refractivity contribution < 1.29 is 4.79 Å². The molecule has 0 unspecified atom stereocenters. The molecule has 0 saturated heterocycles. The first-order valence-corrected chi connectivity index (χ1v) is 11.0. The Morgan fingerprint density at radius 2 is 2.07 bits per heavy atom. The number of hydrogen-bond donors (Lipinski definition) is 1. The fraction of sp³-hybridized carbons (Fsp3) is 0.364. The highest BCUT2D eigenvalue weighted by Gasteiger charge is 2.20. The van der Waals surface area contributed by atoms with Gasteiger partial charge in [0.2, 0.25) is 5.91 Å². The molecule has 5 rings (SSSR count). The van der Waals surface area contributed by atoms with Crippen LogP contribution in [0.5, 0.6) is 0 Å². The number of likely N-dealkylation sites (N-methyl/N-ethyl adjacent to an activating group) is 1. The average Bonchev–Trinajstić information content (AvgIpc) is 3.28. The molecule has 0 radical (unpaired) electrons. The minimum Gasteiger partial charge on any atom is -0.302 e. The highest BCUT2D eigenvalue weighted by Crippen LogP contribution is 2.28. The number of carbonyl (C=O) groups excluding carboxylic acids is 1. The predicted octanol–water partition coefficient (Wildman–Crippen LogP) is 3.52. The zero-order valence-corrected chi connectivity index (χ0v) is 18.2. The summed E-state index contributed by atoms with van der Waals surface area (Å²) < 4.78 is 1.90. The van der Waals surface area contributed by atoms with E-state index in [1.54, 1.807) is 11.3 Å². The molecular weight excluding hydrogens is 396 g/mol. The van der Waals surface area contributed by atoms with E-state index < -0.39 is 0 Å². The Morgan fingerprint density at radius 1 is 1.23 bits per heavy atom. The molecule has 7 nitrogen and oxygen atoms in total. The Balaban J connectivity index is 1.33. The lowest BCUT2D eigenvalue weighted by Crippen LogP contribution is -2.25. The Morgan fingerprint density at radius 3 is 2.93 bits per heavy atom. The van der Waals surface area contributed by atoms with Crippen LogP contribution in [0.25, 0.3) is 16.6 Å². The number of hydrogen-bond acceptors (Lipinski definition) is 6. The smallest absolute Gasteiger partial charge is 0.226 e. The second kappa shape index (κ2) is 7.45. The molecule has 0 bridgehead atoms. The van der Waals surface area contributed by atoms with E-state index in [1.165, 1.54) is 4.88 Å². The molecule has 1 amide bonds. The molecule has 4 heterocycles. The van der Waals surface area contributed by atoms with Crippen molar-refractivity contribution in [2.75, 3.05) is 18.9 Å². The summed E-state index contributed by atoms with van der Waals surface area (Å²) in [7, 11) is 2.11. The van der Waals surface area contributed by atoms with Crippen molar-refractivity contribution >= 4 is 38.9 Å². The van der Waals surface area contributed by atoms with Crippen LogP contribution < -0.4 is 5.32 Å². The SMILES string of the molecule is Cc1nc2c3ccccc3nn2c(C)c1CCC(=O)Nc1nc2c(s1)CN(C)CC2. The number of carbonyl (C=O) groups is 1. The third-order valence-electron chi connectivity index (χ3n) is 5.79. The summed E-state index contributed by atoms with van der Waals surface area (Å²) >= 11 is 1.59. The van der Waals surface area contributed by atoms with Crippen LogP contribution in [0, 0.1) is 13.8 Å². The monoisotopic (exact) mass is 420 g/mol. The molecule has 1 aliphatic rings. The molecule has 0 aliphatic carbocycles. The molecule has 0 atom stereocenters. The maximum atomic E-state index is 12.6. The van der Waals surface area contributed by atoms with E-state index in [4.69, 9.17) is 10.1 Å². The fourth-order valence-corrected chi connectivity index (χ4v) is 5.24. The molecule has 0 saturated carbocycles.